The highest BCUT2D eigenvalue weighted by Crippen LogP contribution is 2.30. The molecule has 2 rings (SSSR count). The molecule has 1 atom stereocenters. The van der Waals surface area contributed by atoms with E-state index in [1.54, 1.807) is 0 Å². The average Bonchev–Trinajstić information content (AvgIpc) is 2.30. The van der Waals surface area contributed by atoms with Gasteiger partial charge in [-0.2, -0.15) is 0 Å². The molecule has 3 heteroatoms. The fourth-order valence-corrected chi connectivity index (χ4v) is 2.89. The normalized spacial score (nSPS) is 24.9. The summed E-state index contributed by atoms with van der Waals surface area (Å²) in [6.07, 6.45) is 1.81. The summed E-state index contributed by atoms with van der Waals surface area (Å²) < 4.78 is 0. The number of likely N-dealkylation sites (N-methyl/N-ethyl adjacent to an activating group) is 1. The van der Waals surface area contributed by atoms with Crippen LogP contribution >= 0.6 is 0 Å². The molecule has 0 spiro atoms. The van der Waals surface area contributed by atoms with Crippen molar-refractivity contribution in [3.63, 3.8) is 0 Å². The van der Waals surface area contributed by atoms with E-state index in [0.717, 1.165) is 19.4 Å². The molecule has 1 unspecified atom stereocenters. The first kappa shape index (κ1) is 13.5. The first-order valence-electron chi connectivity index (χ1n) is 6.75. The van der Waals surface area contributed by atoms with Crippen LogP contribution < -0.4 is 5.73 Å². The van der Waals surface area contributed by atoms with Gasteiger partial charge in [0.05, 0.1) is 6.10 Å². The van der Waals surface area contributed by atoms with Crippen LogP contribution in [0.15, 0.2) is 24.3 Å². The second kappa shape index (κ2) is 5.83. The molecule has 0 heterocycles. The SMILES string of the molecule is Cc1ccccc1C(CN)N(C)CC1CC(O)C1. The Labute approximate surface area is 110 Å². The minimum Gasteiger partial charge on any atom is -0.393 e. The van der Waals surface area contributed by atoms with Gasteiger partial charge in [-0.1, -0.05) is 24.3 Å². The zero-order valence-corrected chi connectivity index (χ0v) is 11.3. The van der Waals surface area contributed by atoms with E-state index in [0.29, 0.717) is 12.5 Å². The molecule has 18 heavy (non-hydrogen) atoms. The van der Waals surface area contributed by atoms with E-state index >= 15 is 0 Å². The molecule has 1 aliphatic carbocycles. The predicted octanol–water partition coefficient (Wildman–Crippen LogP) is 1.70. The van der Waals surface area contributed by atoms with Crippen molar-refractivity contribution in [2.75, 3.05) is 20.1 Å². The monoisotopic (exact) mass is 248 g/mol. The molecular weight excluding hydrogens is 224 g/mol. The highest BCUT2D eigenvalue weighted by molar-refractivity contribution is 5.29. The van der Waals surface area contributed by atoms with Crippen LogP contribution in [0.3, 0.4) is 0 Å². The summed E-state index contributed by atoms with van der Waals surface area (Å²) >= 11 is 0. The van der Waals surface area contributed by atoms with Gasteiger partial charge < -0.3 is 10.8 Å². The topological polar surface area (TPSA) is 49.5 Å². The minimum atomic E-state index is -0.0711. The van der Waals surface area contributed by atoms with Gasteiger partial charge in [-0.05, 0) is 43.9 Å². The van der Waals surface area contributed by atoms with E-state index in [-0.39, 0.29) is 12.1 Å². The molecule has 1 fully saturated rings. The third-order valence-corrected chi connectivity index (χ3v) is 4.06. The number of aliphatic hydroxyl groups is 1. The number of rotatable bonds is 5. The average molecular weight is 248 g/mol. The Morgan fingerprint density at radius 3 is 2.61 bits per heavy atom. The van der Waals surface area contributed by atoms with E-state index in [2.05, 4.69) is 43.1 Å². The molecule has 0 bridgehead atoms. The zero-order chi connectivity index (χ0) is 13.1. The molecule has 3 N–H and O–H groups in total. The van der Waals surface area contributed by atoms with Crippen LogP contribution in [0, 0.1) is 12.8 Å². The lowest BCUT2D eigenvalue weighted by atomic mass is 9.82. The Bertz CT molecular complexity index is 388. The standard InChI is InChI=1S/C15H24N2O/c1-11-5-3-4-6-14(11)15(9-16)17(2)10-12-7-13(18)8-12/h3-6,12-13,15,18H,7-10,16H2,1-2H3. The number of aryl methyl sites for hydroxylation is 1. The van der Waals surface area contributed by atoms with Crippen LogP contribution in [0.4, 0.5) is 0 Å². The quantitative estimate of drug-likeness (QED) is 0.834. The summed E-state index contributed by atoms with van der Waals surface area (Å²) in [7, 11) is 2.13. The molecule has 0 aliphatic heterocycles. The highest BCUT2D eigenvalue weighted by atomic mass is 16.3. The lowest BCUT2D eigenvalue weighted by Gasteiger charge is -2.37. The summed E-state index contributed by atoms with van der Waals surface area (Å²) in [5, 5.41) is 9.34. The van der Waals surface area contributed by atoms with Crippen molar-refractivity contribution >= 4 is 0 Å². The van der Waals surface area contributed by atoms with Gasteiger partial charge in [0.2, 0.25) is 0 Å². The largest absolute Gasteiger partial charge is 0.393 e. The number of hydrogen-bond donors (Lipinski definition) is 2. The third-order valence-electron chi connectivity index (χ3n) is 4.06. The van der Waals surface area contributed by atoms with Gasteiger partial charge >= 0.3 is 0 Å². The molecular formula is C15H24N2O. The van der Waals surface area contributed by atoms with Crippen molar-refractivity contribution in [2.45, 2.75) is 31.9 Å². The van der Waals surface area contributed by atoms with Crippen molar-refractivity contribution in [1.82, 2.24) is 4.90 Å². The number of nitrogens with two attached hydrogens (primary N) is 1. The molecule has 100 valence electrons. The van der Waals surface area contributed by atoms with E-state index in [1.807, 2.05) is 0 Å². The summed E-state index contributed by atoms with van der Waals surface area (Å²) in [5.74, 6) is 0.628. The molecule has 0 saturated heterocycles. The molecule has 3 nitrogen and oxygen atoms in total. The Balaban J connectivity index is 2.01. The van der Waals surface area contributed by atoms with Crippen molar-refractivity contribution < 1.29 is 5.11 Å². The summed E-state index contributed by atoms with van der Waals surface area (Å²) in [6.45, 7) is 3.79. The molecule has 1 aromatic rings. The van der Waals surface area contributed by atoms with Gasteiger partial charge in [0, 0.05) is 19.1 Å². The molecule has 1 aliphatic rings. The first-order valence-corrected chi connectivity index (χ1v) is 6.75. The molecule has 1 aromatic carbocycles. The van der Waals surface area contributed by atoms with Gasteiger partial charge in [0.1, 0.15) is 0 Å². The zero-order valence-electron chi connectivity index (χ0n) is 11.3. The number of nitrogens with zero attached hydrogens (tertiary/aromatic N) is 1. The maximum atomic E-state index is 9.34. The van der Waals surface area contributed by atoms with E-state index in [4.69, 9.17) is 5.73 Å². The fraction of sp³-hybridized carbons (Fsp3) is 0.600. The third kappa shape index (κ3) is 2.91. The summed E-state index contributed by atoms with van der Waals surface area (Å²) in [5.41, 5.74) is 8.57. The smallest absolute Gasteiger partial charge is 0.0546 e. The van der Waals surface area contributed by atoms with Crippen molar-refractivity contribution in [2.24, 2.45) is 11.7 Å². The lowest BCUT2D eigenvalue weighted by Crippen LogP contribution is -2.40. The first-order chi connectivity index (χ1) is 8.61. The summed E-state index contributed by atoms with van der Waals surface area (Å²) in [4.78, 5) is 2.33. The van der Waals surface area contributed by atoms with Crippen LogP contribution in [-0.2, 0) is 0 Å². The Hall–Kier alpha value is -0.900. The summed E-state index contributed by atoms with van der Waals surface area (Å²) in [6, 6.07) is 8.72. The van der Waals surface area contributed by atoms with Crippen molar-refractivity contribution in [3.8, 4) is 0 Å². The predicted molar refractivity (Wildman–Crippen MR) is 74.3 cm³/mol. The second-order valence-electron chi connectivity index (χ2n) is 5.54. The number of aliphatic hydroxyl groups excluding tert-OH is 1. The van der Waals surface area contributed by atoms with E-state index in [1.165, 1.54) is 11.1 Å². The van der Waals surface area contributed by atoms with Gasteiger partial charge in [-0.3, -0.25) is 4.90 Å². The lowest BCUT2D eigenvalue weighted by molar-refractivity contribution is 0.0224. The van der Waals surface area contributed by atoms with Crippen LogP contribution in [0.2, 0.25) is 0 Å². The minimum absolute atomic E-state index is 0.0711. The van der Waals surface area contributed by atoms with E-state index in [9.17, 15) is 5.11 Å². The molecule has 0 aromatic heterocycles. The van der Waals surface area contributed by atoms with Gasteiger partial charge in [0.25, 0.3) is 0 Å². The molecule has 0 amide bonds. The van der Waals surface area contributed by atoms with Crippen molar-refractivity contribution in [3.05, 3.63) is 35.4 Å². The number of hydrogen-bond acceptors (Lipinski definition) is 3. The van der Waals surface area contributed by atoms with Crippen LogP contribution in [0.1, 0.15) is 30.0 Å². The van der Waals surface area contributed by atoms with Crippen LogP contribution in [0.5, 0.6) is 0 Å². The maximum Gasteiger partial charge on any atom is 0.0546 e. The Morgan fingerprint density at radius 2 is 2.06 bits per heavy atom. The van der Waals surface area contributed by atoms with Gasteiger partial charge in [-0.25, -0.2) is 0 Å². The van der Waals surface area contributed by atoms with Gasteiger partial charge in [0.15, 0.2) is 0 Å². The fourth-order valence-electron chi connectivity index (χ4n) is 2.89. The van der Waals surface area contributed by atoms with Crippen LogP contribution in [-0.4, -0.2) is 36.2 Å². The van der Waals surface area contributed by atoms with Crippen LogP contribution in [0.25, 0.3) is 0 Å². The van der Waals surface area contributed by atoms with E-state index < -0.39 is 0 Å². The molecule has 0 radical (unpaired) electrons. The molecule has 1 saturated carbocycles. The Kier molecular flexibility index (Phi) is 4.38. The van der Waals surface area contributed by atoms with Gasteiger partial charge in [-0.15, -0.1) is 0 Å². The van der Waals surface area contributed by atoms with Crippen molar-refractivity contribution in [1.29, 1.82) is 0 Å². The number of benzene rings is 1. The highest BCUT2D eigenvalue weighted by Gasteiger charge is 2.29. The second-order valence-corrected chi connectivity index (χ2v) is 5.54. The Morgan fingerprint density at radius 1 is 1.39 bits per heavy atom. The maximum absolute atomic E-state index is 9.34.